The number of aliphatic carboxylic acids is 1. The van der Waals surface area contributed by atoms with E-state index in [0.717, 1.165) is 6.42 Å². The number of nitrogens with zero attached hydrogens (tertiary/aromatic N) is 3. The highest BCUT2D eigenvalue weighted by Crippen LogP contribution is 2.30. The number of amides is 1. The number of hydrogen-bond donors (Lipinski definition) is 3. The first-order valence-electron chi connectivity index (χ1n) is 7.47. The number of nitrogens with one attached hydrogen (secondary N) is 1. The van der Waals surface area contributed by atoms with Crippen molar-refractivity contribution in [2.75, 3.05) is 6.54 Å². The standard InChI is InChI=1S/C16H18N4O4/c1-9(2)3-5-20-6-4-10-14(20)11(7-17)19-13(15(10)23)16(24)18-8-12(21)22/h4,6,9,23H,3,5,8H2,1-2H3,(H,18,24)(H,21,22). The minimum atomic E-state index is -1.22. The average molecular weight is 330 g/mol. The molecular formula is C16H18N4O4. The Hall–Kier alpha value is -3.08. The molecule has 0 saturated heterocycles. The number of fused-ring (bicyclic) bond motifs is 1. The molecule has 1 amide bonds. The van der Waals surface area contributed by atoms with Gasteiger partial charge in [0.05, 0.1) is 5.52 Å². The van der Waals surface area contributed by atoms with Gasteiger partial charge in [0.15, 0.2) is 17.1 Å². The minimum absolute atomic E-state index is 0.0111. The van der Waals surface area contributed by atoms with Gasteiger partial charge in [-0.3, -0.25) is 9.59 Å². The van der Waals surface area contributed by atoms with Crippen molar-refractivity contribution in [2.24, 2.45) is 5.92 Å². The van der Waals surface area contributed by atoms with Crippen LogP contribution in [0.1, 0.15) is 36.5 Å². The lowest BCUT2D eigenvalue weighted by Crippen LogP contribution is -2.30. The average Bonchev–Trinajstić information content (AvgIpc) is 2.95. The first kappa shape index (κ1) is 17.3. The van der Waals surface area contributed by atoms with Gasteiger partial charge in [0, 0.05) is 18.1 Å². The van der Waals surface area contributed by atoms with Gasteiger partial charge in [0.25, 0.3) is 5.91 Å². The molecule has 3 N–H and O–H groups in total. The quantitative estimate of drug-likeness (QED) is 0.736. The topological polar surface area (TPSA) is 128 Å². The molecule has 0 aliphatic heterocycles. The summed E-state index contributed by atoms with van der Waals surface area (Å²) in [5, 5.41) is 30.7. The number of carbonyl (C=O) groups excluding carboxylic acids is 1. The van der Waals surface area contributed by atoms with Gasteiger partial charge in [0.2, 0.25) is 0 Å². The van der Waals surface area contributed by atoms with E-state index in [1.807, 2.05) is 10.6 Å². The predicted octanol–water partition coefficient (Wildman–Crippen LogP) is 1.47. The fourth-order valence-corrected chi connectivity index (χ4v) is 2.33. The van der Waals surface area contributed by atoms with Crippen LogP contribution in [0.4, 0.5) is 0 Å². The number of carboxylic acid groups (broad SMARTS) is 1. The zero-order valence-corrected chi connectivity index (χ0v) is 13.4. The van der Waals surface area contributed by atoms with Crippen molar-refractivity contribution in [1.29, 1.82) is 5.26 Å². The highest BCUT2D eigenvalue weighted by Gasteiger charge is 2.21. The van der Waals surface area contributed by atoms with Gasteiger partial charge in [-0.05, 0) is 18.4 Å². The van der Waals surface area contributed by atoms with Gasteiger partial charge in [0.1, 0.15) is 12.6 Å². The number of carbonyl (C=O) groups is 2. The molecule has 24 heavy (non-hydrogen) atoms. The van der Waals surface area contributed by atoms with Gasteiger partial charge < -0.3 is 20.1 Å². The molecule has 0 radical (unpaired) electrons. The monoisotopic (exact) mass is 330 g/mol. The molecule has 126 valence electrons. The molecule has 0 aliphatic rings. The molecule has 0 bridgehead atoms. The molecule has 0 saturated carbocycles. The summed E-state index contributed by atoms with van der Waals surface area (Å²) in [6, 6.07) is 3.54. The molecule has 0 fully saturated rings. The predicted molar refractivity (Wildman–Crippen MR) is 85.5 cm³/mol. The normalized spacial score (nSPS) is 10.8. The van der Waals surface area contributed by atoms with Gasteiger partial charge in [-0.25, -0.2) is 4.98 Å². The molecule has 8 heteroatoms. The third kappa shape index (κ3) is 3.46. The van der Waals surface area contributed by atoms with E-state index in [1.54, 1.807) is 12.3 Å². The number of hydrogen-bond acceptors (Lipinski definition) is 5. The summed E-state index contributed by atoms with van der Waals surface area (Å²) in [6.07, 6.45) is 2.62. The number of aryl methyl sites for hydroxylation is 1. The molecule has 2 aromatic heterocycles. The lowest BCUT2D eigenvalue weighted by Gasteiger charge is -2.10. The van der Waals surface area contributed by atoms with Crippen molar-refractivity contribution in [2.45, 2.75) is 26.8 Å². The summed E-state index contributed by atoms with van der Waals surface area (Å²) in [6.45, 7) is 4.21. The SMILES string of the molecule is CC(C)CCn1ccc2c(O)c(C(=O)NCC(=O)O)nc(C#N)c21. The number of carboxylic acids is 1. The second kappa shape index (κ2) is 7.00. The maximum atomic E-state index is 12.0. The van der Waals surface area contributed by atoms with Crippen LogP contribution in [-0.4, -0.2) is 38.2 Å². The molecule has 0 spiro atoms. The summed E-state index contributed by atoms with van der Waals surface area (Å²) in [7, 11) is 0. The Bertz CT molecular complexity index is 833. The Kier molecular flexibility index (Phi) is 5.04. The Morgan fingerprint density at radius 2 is 2.17 bits per heavy atom. The van der Waals surface area contributed by atoms with E-state index in [4.69, 9.17) is 5.11 Å². The van der Waals surface area contributed by atoms with Crippen molar-refractivity contribution in [3.63, 3.8) is 0 Å². The third-order valence-corrected chi connectivity index (χ3v) is 3.56. The van der Waals surface area contributed by atoms with E-state index in [1.165, 1.54) is 0 Å². The highest BCUT2D eigenvalue weighted by molar-refractivity contribution is 6.03. The minimum Gasteiger partial charge on any atom is -0.505 e. The van der Waals surface area contributed by atoms with Crippen LogP contribution in [0.2, 0.25) is 0 Å². The van der Waals surface area contributed by atoms with Crippen molar-refractivity contribution >= 4 is 22.8 Å². The Labute approximate surface area is 138 Å². The van der Waals surface area contributed by atoms with Crippen LogP contribution in [0.5, 0.6) is 5.75 Å². The first-order chi connectivity index (χ1) is 11.3. The van der Waals surface area contributed by atoms with E-state index in [0.29, 0.717) is 23.4 Å². The van der Waals surface area contributed by atoms with Gasteiger partial charge in [-0.1, -0.05) is 13.8 Å². The van der Waals surface area contributed by atoms with Gasteiger partial charge in [-0.15, -0.1) is 0 Å². The lowest BCUT2D eigenvalue weighted by molar-refractivity contribution is -0.135. The molecule has 0 atom stereocenters. The Morgan fingerprint density at radius 3 is 2.75 bits per heavy atom. The van der Waals surface area contributed by atoms with Crippen LogP contribution >= 0.6 is 0 Å². The fourth-order valence-electron chi connectivity index (χ4n) is 2.33. The number of nitriles is 1. The molecule has 8 nitrogen and oxygen atoms in total. The Balaban J connectivity index is 2.47. The first-order valence-corrected chi connectivity index (χ1v) is 7.47. The molecule has 0 aliphatic carbocycles. The largest absolute Gasteiger partial charge is 0.505 e. The van der Waals surface area contributed by atoms with Crippen molar-refractivity contribution in [3.8, 4) is 11.8 Å². The second-order valence-electron chi connectivity index (χ2n) is 5.80. The van der Waals surface area contributed by atoms with E-state index in [9.17, 15) is 20.0 Å². The summed E-state index contributed by atoms with van der Waals surface area (Å²) in [4.78, 5) is 26.4. The summed E-state index contributed by atoms with van der Waals surface area (Å²) < 4.78 is 1.82. The number of rotatable bonds is 6. The van der Waals surface area contributed by atoms with Gasteiger partial charge in [-0.2, -0.15) is 5.26 Å². The maximum Gasteiger partial charge on any atom is 0.322 e. The second-order valence-corrected chi connectivity index (χ2v) is 5.80. The molecule has 2 rings (SSSR count). The number of aromatic hydroxyl groups is 1. The van der Waals surface area contributed by atoms with Crippen molar-refractivity contribution in [1.82, 2.24) is 14.9 Å². The zero-order chi connectivity index (χ0) is 17.9. The molecule has 2 aromatic rings. The zero-order valence-electron chi connectivity index (χ0n) is 13.4. The van der Waals surface area contributed by atoms with Crippen LogP contribution in [0.25, 0.3) is 10.9 Å². The van der Waals surface area contributed by atoms with Crippen molar-refractivity contribution < 1.29 is 19.8 Å². The lowest BCUT2D eigenvalue weighted by atomic mass is 10.1. The van der Waals surface area contributed by atoms with Crippen LogP contribution in [0.15, 0.2) is 12.3 Å². The van der Waals surface area contributed by atoms with E-state index < -0.39 is 18.4 Å². The summed E-state index contributed by atoms with van der Waals surface area (Å²) in [5.41, 5.74) is 0.115. The smallest absolute Gasteiger partial charge is 0.322 e. The van der Waals surface area contributed by atoms with E-state index >= 15 is 0 Å². The van der Waals surface area contributed by atoms with E-state index in [2.05, 4.69) is 24.1 Å². The molecular weight excluding hydrogens is 312 g/mol. The van der Waals surface area contributed by atoms with E-state index in [-0.39, 0.29) is 17.1 Å². The third-order valence-electron chi connectivity index (χ3n) is 3.56. The molecule has 0 unspecified atom stereocenters. The number of pyridine rings is 1. The molecule has 2 heterocycles. The molecule has 0 aromatic carbocycles. The number of aromatic nitrogens is 2. The van der Waals surface area contributed by atoms with Crippen LogP contribution in [0, 0.1) is 17.2 Å². The Morgan fingerprint density at radius 1 is 1.46 bits per heavy atom. The highest BCUT2D eigenvalue weighted by atomic mass is 16.4. The fraction of sp³-hybridized carbons (Fsp3) is 0.375. The van der Waals surface area contributed by atoms with Crippen molar-refractivity contribution in [3.05, 3.63) is 23.7 Å². The summed E-state index contributed by atoms with van der Waals surface area (Å²) in [5.74, 6) is -1.96. The maximum absolute atomic E-state index is 12.0. The van der Waals surface area contributed by atoms with Crippen LogP contribution in [-0.2, 0) is 11.3 Å². The van der Waals surface area contributed by atoms with Crippen LogP contribution in [0.3, 0.4) is 0 Å². The summed E-state index contributed by atoms with van der Waals surface area (Å²) >= 11 is 0. The van der Waals surface area contributed by atoms with Crippen LogP contribution < -0.4 is 5.32 Å². The van der Waals surface area contributed by atoms with Gasteiger partial charge >= 0.3 is 5.97 Å².